The smallest absolute Gasteiger partial charge is 0.0447 e. The van der Waals surface area contributed by atoms with Crippen LogP contribution in [0.5, 0.6) is 0 Å². The van der Waals surface area contributed by atoms with Crippen LogP contribution in [0.1, 0.15) is 12.0 Å². The van der Waals surface area contributed by atoms with Crippen molar-refractivity contribution in [2.24, 2.45) is 0 Å². The number of nitrogens with one attached hydrogen (secondary N) is 1. The van der Waals surface area contributed by atoms with Gasteiger partial charge in [0.15, 0.2) is 0 Å². The number of nitrogens with two attached hydrogens (primary N) is 1. The lowest BCUT2D eigenvalue weighted by Crippen LogP contribution is -2.03. The Bertz CT molecular complexity index is 274. The summed E-state index contributed by atoms with van der Waals surface area (Å²) in [4.78, 5) is 0. The molecule has 0 aromatic heterocycles. The van der Waals surface area contributed by atoms with Crippen LogP contribution in [0.3, 0.4) is 0 Å². The predicted molar refractivity (Wildman–Crippen MR) is 55.8 cm³/mol. The topological polar surface area (TPSA) is 58.3 Å². The van der Waals surface area contributed by atoms with Gasteiger partial charge < -0.3 is 16.2 Å². The number of nitrogen functional groups attached to an aromatic ring is 1. The van der Waals surface area contributed by atoms with Gasteiger partial charge in [0, 0.05) is 24.5 Å². The summed E-state index contributed by atoms with van der Waals surface area (Å²) >= 11 is 0. The van der Waals surface area contributed by atoms with E-state index in [-0.39, 0.29) is 6.61 Å². The molecule has 0 spiro atoms. The van der Waals surface area contributed by atoms with Crippen LogP contribution in [0.25, 0.3) is 0 Å². The first-order valence-corrected chi connectivity index (χ1v) is 4.45. The minimum atomic E-state index is 0.217. The monoisotopic (exact) mass is 180 g/mol. The van der Waals surface area contributed by atoms with Gasteiger partial charge in [-0.1, -0.05) is 6.07 Å². The van der Waals surface area contributed by atoms with Gasteiger partial charge in [0.2, 0.25) is 0 Å². The third-order valence-corrected chi connectivity index (χ3v) is 1.94. The molecular formula is C10H16N2O. The standard InChI is InChI=1S/C10H16N2O/c1-8-3-4-9(7-10(8)11)12-5-2-6-13/h3-4,7,12-13H,2,5-6,11H2,1H3. The number of hydrogen-bond donors (Lipinski definition) is 3. The van der Waals surface area contributed by atoms with Crippen LogP contribution in [0.4, 0.5) is 11.4 Å². The molecule has 0 bridgehead atoms. The Morgan fingerprint density at radius 3 is 2.85 bits per heavy atom. The second-order valence-corrected chi connectivity index (χ2v) is 3.08. The molecule has 3 heteroatoms. The van der Waals surface area contributed by atoms with Gasteiger partial charge in [-0.2, -0.15) is 0 Å². The molecule has 0 aliphatic heterocycles. The molecule has 0 amide bonds. The van der Waals surface area contributed by atoms with Gasteiger partial charge in [0.1, 0.15) is 0 Å². The maximum atomic E-state index is 8.58. The molecule has 0 fully saturated rings. The van der Waals surface area contributed by atoms with Crippen LogP contribution < -0.4 is 11.1 Å². The summed E-state index contributed by atoms with van der Waals surface area (Å²) in [5, 5.41) is 11.8. The van der Waals surface area contributed by atoms with E-state index in [1.807, 2.05) is 25.1 Å². The van der Waals surface area contributed by atoms with Gasteiger partial charge in [-0.15, -0.1) is 0 Å². The summed E-state index contributed by atoms with van der Waals surface area (Å²) in [5.74, 6) is 0. The third-order valence-electron chi connectivity index (χ3n) is 1.94. The van der Waals surface area contributed by atoms with Crippen molar-refractivity contribution in [1.82, 2.24) is 0 Å². The van der Waals surface area contributed by atoms with Gasteiger partial charge in [0.05, 0.1) is 0 Å². The zero-order chi connectivity index (χ0) is 9.68. The van der Waals surface area contributed by atoms with E-state index >= 15 is 0 Å². The highest BCUT2D eigenvalue weighted by Gasteiger charge is 1.95. The summed E-state index contributed by atoms with van der Waals surface area (Å²) in [6.07, 6.45) is 0.758. The quantitative estimate of drug-likeness (QED) is 0.484. The highest BCUT2D eigenvalue weighted by atomic mass is 16.3. The van der Waals surface area contributed by atoms with Crippen molar-refractivity contribution in [3.8, 4) is 0 Å². The van der Waals surface area contributed by atoms with E-state index < -0.39 is 0 Å². The lowest BCUT2D eigenvalue weighted by atomic mass is 10.2. The fourth-order valence-corrected chi connectivity index (χ4v) is 1.06. The van der Waals surface area contributed by atoms with Crippen molar-refractivity contribution in [2.45, 2.75) is 13.3 Å². The van der Waals surface area contributed by atoms with E-state index in [0.29, 0.717) is 0 Å². The van der Waals surface area contributed by atoms with Crippen LogP contribution in [-0.4, -0.2) is 18.3 Å². The second-order valence-electron chi connectivity index (χ2n) is 3.08. The summed E-state index contributed by atoms with van der Waals surface area (Å²) < 4.78 is 0. The van der Waals surface area contributed by atoms with Crippen molar-refractivity contribution in [2.75, 3.05) is 24.2 Å². The lowest BCUT2D eigenvalue weighted by molar-refractivity contribution is 0.292. The molecule has 3 nitrogen and oxygen atoms in total. The Labute approximate surface area is 78.6 Å². The fraction of sp³-hybridized carbons (Fsp3) is 0.400. The van der Waals surface area contributed by atoms with Gasteiger partial charge in [-0.05, 0) is 31.0 Å². The first kappa shape index (κ1) is 9.86. The van der Waals surface area contributed by atoms with Crippen LogP contribution in [0.2, 0.25) is 0 Å². The van der Waals surface area contributed by atoms with Gasteiger partial charge in [-0.3, -0.25) is 0 Å². The maximum Gasteiger partial charge on any atom is 0.0447 e. The minimum absolute atomic E-state index is 0.217. The van der Waals surface area contributed by atoms with E-state index in [4.69, 9.17) is 10.8 Å². The number of aliphatic hydroxyl groups is 1. The molecule has 1 aromatic carbocycles. The summed E-state index contributed by atoms with van der Waals surface area (Å²) in [5.41, 5.74) is 8.64. The summed E-state index contributed by atoms with van der Waals surface area (Å²) in [6, 6.07) is 5.88. The molecular weight excluding hydrogens is 164 g/mol. The number of aryl methyl sites for hydroxylation is 1. The zero-order valence-corrected chi connectivity index (χ0v) is 7.88. The van der Waals surface area contributed by atoms with Crippen LogP contribution >= 0.6 is 0 Å². The Balaban J connectivity index is 2.53. The summed E-state index contributed by atoms with van der Waals surface area (Å²) in [6.45, 7) is 2.97. The van der Waals surface area contributed by atoms with E-state index in [0.717, 1.165) is 29.9 Å². The Hall–Kier alpha value is -1.22. The molecule has 72 valence electrons. The third kappa shape index (κ3) is 2.95. The van der Waals surface area contributed by atoms with Crippen molar-refractivity contribution in [1.29, 1.82) is 0 Å². The Kier molecular flexibility index (Phi) is 3.58. The average Bonchev–Trinajstić information content (AvgIpc) is 2.12. The van der Waals surface area contributed by atoms with Crippen molar-refractivity contribution in [3.05, 3.63) is 23.8 Å². The highest BCUT2D eigenvalue weighted by Crippen LogP contribution is 2.16. The second kappa shape index (κ2) is 4.72. The molecule has 0 heterocycles. The zero-order valence-electron chi connectivity index (χ0n) is 7.88. The summed E-state index contributed by atoms with van der Waals surface area (Å²) in [7, 11) is 0. The van der Waals surface area contributed by atoms with E-state index in [1.54, 1.807) is 0 Å². The molecule has 4 N–H and O–H groups in total. The normalized spacial score (nSPS) is 10.0. The maximum absolute atomic E-state index is 8.58. The van der Waals surface area contributed by atoms with Gasteiger partial charge in [-0.25, -0.2) is 0 Å². The van der Waals surface area contributed by atoms with Crippen molar-refractivity contribution < 1.29 is 5.11 Å². The van der Waals surface area contributed by atoms with Crippen molar-refractivity contribution >= 4 is 11.4 Å². The molecule has 0 radical (unpaired) electrons. The molecule has 13 heavy (non-hydrogen) atoms. The molecule has 1 aromatic rings. The molecule has 0 saturated heterocycles. The number of aliphatic hydroxyl groups excluding tert-OH is 1. The SMILES string of the molecule is Cc1ccc(NCCCO)cc1N. The van der Waals surface area contributed by atoms with Crippen LogP contribution in [0.15, 0.2) is 18.2 Å². The Morgan fingerprint density at radius 1 is 1.46 bits per heavy atom. The van der Waals surface area contributed by atoms with Gasteiger partial charge in [0.25, 0.3) is 0 Å². The number of rotatable bonds is 4. The molecule has 1 rings (SSSR count). The van der Waals surface area contributed by atoms with Gasteiger partial charge >= 0.3 is 0 Å². The van der Waals surface area contributed by atoms with E-state index in [9.17, 15) is 0 Å². The van der Waals surface area contributed by atoms with Crippen molar-refractivity contribution in [3.63, 3.8) is 0 Å². The molecule has 0 atom stereocenters. The predicted octanol–water partition coefficient (Wildman–Crippen LogP) is 1.37. The van der Waals surface area contributed by atoms with E-state index in [2.05, 4.69) is 5.32 Å². The molecule has 0 aliphatic rings. The Morgan fingerprint density at radius 2 is 2.23 bits per heavy atom. The van der Waals surface area contributed by atoms with E-state index in [1.165, 1.54) is 0 Å². The highest BCUT2D eigenvalue weighted by molar-refractivity contribution is 5.58. The first-order valence-electron chi connectivity index (χ1n) is 4.45. The largest absolute Gasteiger partial charge is 0.398 e. The number of anilines is 2. The number of hydrogen-bond acceptors (Lipinski definition) is 3. The lowest BCUT2D eigenvalue weighted by Gasteiger charge is -2.07. The minimum Gasteiger partial charge on any atom is -0.398 e. The molecule has 0 unspecified atom stereocenters. The van der Waals surface area contributed by atoms with Crippen LogP contribution in [0, 0.1) is 6.92 Å². The molecule has 0 saturated carbocycles. The number of benzene rings is 1. The molecule has 0 aliphatic carbocycles. The van der Waals surface area contributed by atoms with Crippen LogP contribution in [-0.2, 0) is 0 Å². The first-order chi connectivity index (χ1) is 6.24. The average molecular weight is 180 g/mol. The fourth-order valence-electron chi connectivity index (χ4n) is 1.06.